The van der Waals surface area contributed by atoms with Crippen LogP contribution in [0.15, 0.2) is 53.4 Å². The normalized spacial score (nSPS) is 11.4. The molecule has 1 amide bonds. The molecule has 1 heterocycles. The Morgan fingerprint density at radius 3 is 2.43 bits per heavy atom. The second-order valence-electron chi connectivity index (χ2n) is 5.88. The zero-order chi connectivity index (χ0) is 20.3. The van der Waals surface area contributed by atoms with Gasteiger partial charge in [0.05, 0.1) is 22.8 Å². The van der Waals surface area contributed by atoms with Crippen molar-refractivity contribution in [3.05, 3.63) is 59.7 Å². The minimum Gasteiger partial charge on any atom is -0.462 e. The van der Waals surface area contributed by atoms with Crippen molar-refractivity contribution in [3.63, 3.8) is 0 Å². The molecule has 0 fully saturated rings. The Morgan fingerprint density at radius 1 is 1.04 bits per heavy atom. The maximum absolute atomic E-state index is 12.9. The molecule has 0 atom stereocenters. The lowest BCUT2D eigenvalue weighted by atomic mass is 10.1. The number of carbonyl (C=O) groups excluding carboxylic acids is 2. The number of fused-ring (bicyclic) bond motifs is 1. The summed E-state index contributed by atoms with van der Waals surface area (Å²) in [6, 6.07) is 13.3. The minimum absolute atomic E-state index is 0.0335. The highest BCUT2D eigenvalue weighted by Gasteiger charge is 2.25. The summed E-state index contributed by atoms with van der Waals surface area (Å²) in [6.45, 7) is 3.43. The smallest absolute Gasteiger partial charge is 0.341 e. The van der Waals surface area contributed by atoms with Crippen LogP contribution in [0.3, 0.4) is 0 Å². The third-order valence-electron chi connectivity index (χ3n) is 4.15. The lowest BCUT2D eigenvalue weighted by molar-refractivity contribution is 0.0530. The number of anilines is 1. The predicted octanol–water partition coefficient (Wildman–Crippen LogP) is 4.12. The van der Waals surface area contributed by atoms with Crippen molar-refractivity contribution in [2.24, 2.45) is 0 Å². The first-order valence-corrected chi connectivity index (χ1v) is 11.2. The van der Waals surface area contributed by atoms with Gasteiger partial charge in [0.25, 0.3) is 5.91 Å². The molecule has 1 N–H and O–H groups in total. The van der Waals surface area contributed by atoms with Crippen molar-refractivity contribution in [2.45, 2.75) is 18.7 Å². The van der Waals surface area contributed by atoms with E-state index < -0.39 is 21.7 Å². The molecule has 3 rings (SSSR count). The van der Waals surface area contributed by atoms with Crippen molar-refractivity contribution < 1.29 is 22.7 Å². The second kappa shape index (κ2) is 8.12. The first kappa shape index (κ1) is 20.0. The molecule has 0 radical (unpaired) electrons. The molecule has 146 valence electrons. The zero-order valence-electron chi connectivity index (χ0n) is 15.4. The maximum Gasteiger partial charge on any atom is 0.341 e. The molecule has 0 spiro atoms. The molecule has 0 aliphatic rings. The number of rotatable bonds is 6. The van der Waals surface area contributed by atoms with Crippen LogP contribution in [0, 0.1) is 0 Å². The van der Waals surface area contributed by atoms with E-state index >= 15 is 0 Å². The zero-order valence-corrected chi connectivity index (χ0v) is 17.0. The van der Waals surface area contributed by atoms with E-state index in [2.05, 4.69) is 5.32 Å². The van der Waals surface area contributed by atoms with E-state index in [9.17, 15) is 18.0 Å². The van der Waals surface area contributed by atoms with Gasteiger partial charge in [-0.15, -0.1) is 11.3 Å². The van der Waals surface area contributed by atoms with E-state index in [-0.39, 0.29) is 28.4 Å². The number of amides is 1. The van der Waals surface area contributed by atoms with Crippen molar-refractivity contribution in [3.8, 4) is 0 Å². The number of sulfone groups is 1. The molecular formula is C20H19NO5S2. The van der Waals surface area contributed by atoms with Gasteiger partial charge in [-0.3, -0.25) is 4.79 Å². The highest BCUT2D eigenvalue weighted by Crippen LogP contribution is 2.36. The minimum atomic E-state index is -3.57. The van der Waals surface area contributed by atoms with Crippen molar-refractivity contribution >= 4 is 48.1 Å². The number of ether oxygens (including phenoxy) is 1. The number of carbonyl (C=O) groups is 2. The first-order chi connectivity index (χ1) is 13.4. The molecule has 0 aliphatic heterocycles. The van der Waals surface area contributed by atoms with Crippen LogP contribution in [-0.2, 0) is 14.6 Å². The average molecular weight is 418 g/mol. The molecule has 28 heavy (non-hydrogen) atoms. The van der Waals surface area contributed by atoms with Crippen LogP contribution in [0.1, 0.15) is 34.6 Å². The molecule has 2 aromatic carbocycles. The Balaban J connectivity index is 2.06. The monoisotopic (exact) mass is 417 g/mol. The molecule has 6 nitrogen and oxygen atoms in total. The summed E-state index contributed by atoms with van der Waals surface area (Å²) in [5, 5.41) is 3.71. The fourth-order valence-electron chi connectivity index (χ4n) is 2.79. The topological polar surface area (TPSA) is 89.5 Å². The summed E-state index contributed by atoms with van der Waals surface area (Å²) < 4.78 is 30.6. The molecule has 8 heteroatoms. The van der Waals surface area contributed by atoms with E-state index in [0.29, 0.717) is 10.4 Å². The lowest BCUT2D eigenvalue weighted by Crippen LogP contribution is -2.18. The SMILES string of the molecule is CCOC(=O)c1c(NC(=O)c2ccccc2S(=O)(=O)CC)sc2ccccc12. The van der Waals surface area contributed by atoms with Crippen molar-refractivity contribution in [2.75, 3.05) is 17.7 Å². The van der Waals surface area contributed by atoms with Crippen LogP contribution < -0.4 is 5.32 Å². The van der Waals surface area contributed by atoms with Gasteiger partial charge < -0.3 is 10.1 Å². The van der Waals surface area contributed by atoms with E-state index in [1.165, 1.54) is 30.4 Å². The molecule has 0 saturated carbocycles. The fourth-order valence-corrected chi connectivity index (χ4v) is 4.97. The van der Waals surface area contributed by atoms with Gasteiger partial charge in [-0.1, -0.05) is 37.3 Å². The molecule has 1 aromatic heterocycles. The largest absolute Gasteiger partial charge is 0.462 e. The van der Waals surface area contributed by atoms with Gasteiger partial charge in [-0.2, -0.15) is 0 Å². The van der Waals surface area contributed by atoms with E-state index in [1.807, 2.05) is 12.1 Å². The van der Waals surface area contributed by atoms with Crippen LogP contribution in [0.5, 0.6) is 0 Å². The van der Waals surface area contributed by atoms with Crippen molar-refractivity contribution in [1.82, 2.24) is 0 Å². The van der Waals surface area contributed by atoms with E-state index in [1.54, 1.807) is 31.2 Å². The molecule has 0 aliphatic carbocycles. The van der Waals surface area contributed by atoms with Gasteiger partial charge in [0.15, 0.2) is 9.84 Å². The Hall–Kier alpha value is -2.71. The number of hydrogen-bond acceptors (Lipinski definition) is 6. The number of benzene rings is 2. The Kier molecular flexibility index (Phi) is 5.81. The van der Waals surface area contributed by atoms with Gasteiger partial charge in [-0.05, 0) is 25.1 Å². The third-order valence-corrected chi connectivity index (χ3v) is 7.02. The Bertz CT molecular complexity index is 1150. The van der Waals surface area contributed by atoms with Gasteiger partial charge >= 0.3 is 5.97 Å². The summed E-state index contributed by atoms with van der Waals surface area (Å²) in [5.74, 6) is -1.25. The molecule has 0 saturated heterocycles. The third kappa shape index (κ3) is 3.79. The predicted molar refractivity (Wildman–Crippen MR) is 110 cm³/mol. The standard InChI is InChI=1S/C20H19NO5S2/c1-3-26-20(23)17-13-9-5-7-11-15(13)27-19(17)21-18(22)14-10-6-8-12-16(14)28(24,25)4-2/h5-12H,3-4H2,1-2H3,(H,21,22). The fraction of sp³-hybridized carbons (Fsp3) is 0.200. The molecular weight excluding hydrogens is 398 g/mol. The van der Waals surface area contributed by atoms with E-state index in [4.69, 9.17) is 4.74 Å². The van der Waals surface area contributed by atoms with Crippen LogP contribution in [0.25, 0.3) is 10.1 Å². The Labute approximate surface area is 167 Å². The average Bonchev–Trinajstić information content (AvgIpc) is 3.06. The number of esters is 1. The van der Waals surface area contributed by atoms with Crippen molar-refractivity contribution in [1.29, 1.82) is 0 Å². The van der Waals surface area contributed by atoms with Gasteiger partial charge in [0, 0.05) is 10.1 Å². The van der Waals surface area contributed by atoms with Crippen LogP contribution in [0.2, 0.25) is 0 Å². The highest BCUT2D eigenvalue weighted by molar-refractivity contribution is 7.91. The van der Waals surface area contributed by atoms with Gasteiger partial charge in [-0.25, -0.2) is 13.2 Å². The number of thiophene rings is 1. The van der Waals surface area contributed by atoms with Crippen LogP contribution in [-0.4, -0.2) is 32.7 Å². The molecule has 0 bridgehead atoms. The summed E-state index contributed by atoms with van der Waals surface area (Å²) in [7, 11) is -3.57. The Morgan fingerprint density at radius 2 is 1.71 bits per heavy atom. The number of hydrogen-bond donors (Lipinski definition) is 1. The van der Waals surface area contributed by atoms with Gasteiger partial charge in [0.1, 0.15) is 10.6 Å². The highest BCUT2D eigenvalue weighted by atomic mass is 32.2. The molecule has 0 unspecified atom stereocenters. The maximum atomic E-state index is 12.9. The van der Waals surface area contributed by atoms with Gasteiger partial charge in [0.2, 0.25) is 0 Å². The van der Waals surface area contributed by atoms with E-state index in [0.717, 1.165) is 4.70 Å². The summed E-state index contributed by atoms with van der Waals surface area (Å²) >= 11 is 1.24. The van der Waals surface area contributed by atoms with Crippen LogP contribution >= 0.6 is 11.3 Å². The summed E-state index contributed by atoms with van der Waals surface area (Å²) in [6.07, 6.45) is 0. The summed E-state index contributed by atoms with van der Waals surface area (Å²) in [5.41, 5.74) is 0.309. The summed E-state index contributed by atoms with van der Waals surface area (Å²) in [4.78, 5) is 25.3. The first-order valence-electron chi connectivity index (χ1n) is 8.70. The number of nitrogens with one attached hydrogen (secondary N) is 1. The lowest BCUT2D eigenvalue weighted by Gasteiger charge is -2.10. The quantitative estimate of drug-likeness (QED) is 0.609. The second-order valence-corrected chi connectivity index (χ2v) is 9.18. The molecule has 3 aromatic rings. The van der Waals surface area contributed by atoms with Crippen LogP contribution in [0.4, 0.5) is 5.00 Å².